The molecule has 0 fully saturated rings. The van der Waals surface area contributed by atoms with Crippen LogP contribution in [0.15, 0.2) is 81.8 Å². The molecular formula is C22H19Br2N. The number of nitrogen functional groups attached to an aromatic ring is 1. The van der Waals surface area contributed by atoms with Gasteiger partial charge < -0.3 is 5.73 Å². The molecule has 0 unspecified atom stereocenters. The molecular weight excluding hydrogens is 438 g/mol. The lowest BCUT2D eigenvalue weighted by atomic mass is 9.93. The van der Waals surface area contributed by atoms with E-state index >= 15 is 0 Å². The van der Waals surface area contributed by atoms with E-state index in [0.29, 0.717) is 0 Å². The summed E-state index contributed by atoms with van der Waals surface area (Å²) in [6.07, 6.45) is 3.11. The van der Waals surface area contributed by atoms with Gasteiger partial charge in [-0.25, -0.2) is 0 Å². The van der Waals surface area contributed by atoms with Gasteiger partial charge in [-0.1, -0.05) is 73.8 Å². The van der Waals surface area contributed by atoms with Gasteiger partial charge in [-0.05, 0) is 66.4 Å². The number of allylic oxidation sites excluding steroid dienone is 1. The molecule has 0 atom stereocenters. The molecule has 0 saturated heterocycles. The summed E-state index contributed by atoms with van der Waals surface area (Å²) in [6, 6.07) is 23.0. The second-order valence-corrected chi connectivity index (χ2v) is 7.88. The zero-order valence-electron chi connectivity index (χ0n) is 14.0. The molecule has 0 aliphatic carbocycles. The fourth-order valence-corrected chi connectivity index (χ4v) is 3.29. The Morgan fingerprint density at radius 3 is 2.12 bits per heavy atom. The summed E-state index contributed by atoms with van der Waals surface area (Å²) in [7, 11) is 0. The minimum atomic E-state index is 0.801. The van der Waals surface area contributed by atoms with Crippen LogP contribution in [0, 0.1) is 6.92 Å². The fourth-order valence-electron chi connectivity index (χ4n) is 2.76. The highest BCUT2D eigenvalue weighted by Gasteiger charge is 2.09. The Morgan fingerprint density at radius 2 is 1.48 bits per heavy atom. The van der Waals surface area contributed by atoms with E-state index in [4.69, 9.17) is 5.73 Å². The molecule has 0 aliphatic rings. The van der Waals surface area contributed by atoms with Crippen molar-refractivity contribution in [1.29, 1.82) is 0 Å². The van der Waals surface area contributed by atoms with Gasteiger partial charge in [0.05, 0.1) is 0 Å². The van der Waals surface area contributed by atoms with Gasteiger partial charge in [0.1, 0.15) is 0 Å². The standard InChI is InChI=1S/C22H19Br2N/c1-15-2-13-22(25)21(14-15)20(17-6-10-19(24)11-7-17)12-5-16-3-8-18(23)9-4-16/h2-4,6-14H,5,25H2,1H3/b20-12+. The summed E-state index contributed by atoms with van der Waals surface area (Å²) in [5.74, 6) is 0. The predicted molar refractivity (Wildman–Crippen MR) is 115 cm³/mol. The fraction of sp³-hybridized carbons (Fsp3) is 0.0909. The minimum Gasteiger partial charge on any atom is -0.398 e. The normalized spacial score (nSPS) is 11.6. The first-order valence-corrected chi connectivity index (χ1v) is 9.68. The van der Waals surface area contributed by atoms with Crippen LogP contribution >= 0.6 is 31.9 Å². The number of benzene rings is 3. The van der Waals surface area contributed by atoms with Crippen molar-refractivity contribution in [2.45, 2.75) is 13.3 Å². The predicted octanol–water partition coefficient (Wildman–Crippen LogP) is 6.78. The number of hydrogen-bond acceptors (Lipinski definition) is 1. The highest BCUT2D eigenvalue weighted by molar-refractivity contribution is 9.10. The zero-order chi connectivity index (χ0) is 17.8. The van der Waals surface area contributed by atoms with Gasteiger partial charge in [-0.2, -0.15) is 0 Å². The van der Waals surface area contributed by atoms with E-state index in [0.717, 1.165) is 37.8 Å². The summed E-state index contributed by atoms with van der Waals surface area (Å²) < 4.78 is 2.16. The van der Waals surface area contributed by atoms with Gasteiger partial charge in [-0.3, -0.25) is 0 Å². The molecule has 0 aliphatic heterocycles. The molecule has 3 rings (SSSR count). The monoisotopic (exact) mass is 455 g/mol. The third-order valence-electron chi connectivity index (χ3n) is 4.11. The Hall–Kier alpha value is -1.84. The first kappa shape index (κ1) is 18.0. The SMILES string of the molecule is Cc1ccc(N)c(/C(=C/Cc2ccc(Br)cc2)c2ccc(Br)cc2)c1. The van der Waals surface area contributed by atoms with E-state index < -0.39 is 0 Å². The molecule has 0 radical (unpaired) electrons. The van der Waals surface area contributed by atoms with Gasteiger partial charge in [0.15, 0.2) is 0 Å². The molecule has 25 heavy (non-hydrogen) atoms. The maximum atomic E-state index is 6.29. The number of halogens is 2. The maximum Gasteiger partial charge on any atom is 0.0394 e. The highest BCUT2D eigenvalue weighted by Crippen LogP contribution is 2.30. The number of nitrogens with two attached hydrogens (primary N) is 1. The van der Waals surface area contributed by atoms with Crippen molar-refractivity contribution in [3.8, 4) is 0 Å². The van der Waals surface area contributed by atoms with Crippen LogP contribution in [0.5, 0.6) is 0 Å². The number of hydrogen-bond donors (Lipinski definition) is 1. The summed E-state index contributed by atoms with van der Waals surface area (Å²) in [5.41, 5.74) is 13.0. The number of rotatable bonds is 4. The average molecular weight is 457 g/mol. The zero-order valence-corrected chi connectivity index (χ0v) is 17.1. The third-order valence-corrected chi connectivity index (χ3v) is 5.17. The Kier molecular flexibility index (Phi) is 5.77. The van der Waals surface area contributed by atoms with E-state index in [1.165, 1.54) is 11.1 Å². The van der Waals surface area contributed by atoms with Gasteiger partial charge >= 0.3 is 0 Å². The van der Waals surface area contributed by atoms with Gasteiger partial charge in [0.25, 0.3) is 0 Å². The van der Waals surface area contributed by atoms with Crippen molar-refractivity contribution >= 4 is 43.1 Å². The van der Waals surface area contributed by atoms with Crippen LogP contribution in [0.4, 0.5) is 5.69 Å². The van der Waals surface area contributed by atoms with Crippen molar-refractivity contribution in [2.75, 3.05) is 5.73 Å². The maximum absolute atomic E-state index is 6.29. The number of anilines is 1. The Bertz CT molecular complexity index is 894. The molecule has 3 aromatic rings. The second-order valence-electron chi connectivity index (χ2n) is 6.05. The lowest BCUT2D eigenvalue weighted by Gasteiger charge is -2.13. The molecule has 3 aromatic carbocycles. The van der Waals surface area contributed by atoms with Crippen LogP contribution in [0.2, 0.25) is 0 Å². The lowest BCUT2D eigenvalue weighted by molar-refractivity contribution is 1.26. The van der Waals surface area contributed by atoms with Crippen LogP contribution in [-0.2, 0) is 6.42 Å². The summed E-state index contributed by atoms with van der Waals surface area (Å²) in [6.45, 7) is 2.09. The van der Waals surface area contributed by atoms with Crippen LogP contribution in [0.3, 0.4) is 0 Å². The average Bonchev–Trinajstić information content (AvgIpc) is 2.61. The molecule has 0 saturated carbocycles. The van der Waals surface area contributed by atoms with Gasteiger partial charge in [-0.15, -0.1) is 0 Å². The molecule has 0 aromatic heterocycles. The van der Waals surface area contributed by atoms with Crippen LogP contribution in [0.25, 0.3) is 5.57 Å². The third kappa shape index (κ3) is 4.62. The van der Waals surface area contributed by atoms with Gasteiger partial charge in [0, 0.05) is 20.2 Å². The smallest absolute Gasteiger partial charge is 0.0394 e. The van der Waals surface area contributed by atoms with Crippen LogP contribution in [-0.4, -0.2) is 0 Å². The molecule has 0 amide bonds. The molecule has 2 N–H and O–H groups in total. The molecule has 0 bridgehead atoms. The Morgan fingerprint density at radius 1 is 0.880 bits per heavy atom. The Balaban J connectivity index is 2.04. The molecule has 126 valence electrons. The highest BCUT2D eigenvalue weighted by atomic mass is 79.9. The first-order chi connectivity index (χ1) is 12.0. The summed E-state index contributed by atoms with van der Waals surface area (Å²) in [4.78, 5) is 0. The molecule has 1 nitrogen and oxygen atoms in total. The van der Waals surface area contributed by atoms with E-state index in [9.17, 15) is 0 Å². The van der Waals surface area contributed by atoms with Crippen molar-refractivity contribution in [2.24, 2.45) is 0 Å². The minimum absolute atomic E-state index is 0.801. The topological polar surface area (TPSA) is 26.0 Å². The van der Waals surface area contributed by atoms with Crippen molar-refractivity contribution in [3.05, 3.63) is 104 Å². The van der Waals surface area contributed by atoms with Crippen LogP contribution in [0.1, 0.15) is 22.3 Å². The number of aryl methyl sites for hydroxylation is 1. The quantitative estimate of drug-likeness (QED) is 0.430. The van der Waals surface area contributed by atoms with Crippen molar-refractivity contribution in [3.63, 3.8) is 0 Å². The van der Waals surface area contributed by atoms with Crippen molar-refractivity contribution < 1.29 is 0 Å². The van der Waals surface area contributed by atoms with E-state index in [1.807, 2.05) is 12.1 Å². The Labute approximate surface area is 165 Å². The van der Waals surface area contributed by atoms with Crippen LogP contribution < -0.4 is 5.73 Å². The first-order valence-electron chi connectivity index (χ1n) is 8.10. The summed E-state index contributed by atoms with van der Waals surface area (Å²) >= 11 is 7.00. The second kappa shape index (κ2) is 8.03. The van der Waals surface area contributed by atoms with E-state index in [1.54, 1.807) is 0 Å². The molecule has 3 heteroatoms. The van der Waals surface area contributed by atoms with Crippen molar-refractivity contribution in [1.82, 2.24) is 0 Å². The van der Waals surface area contributed by atoms with E-state index in [-0.39, 0.29) is 0 Å². The summed E-state index contributed by atoms with van der Waals surface area (Å²) in [5, 5.41) is 0. The van der Waals surface area contributed by atoms with E-state index in [2.05, 4.69) is 99.5 Å². The largest absolute Gasteiger partial charge is 0.398 e. The molecule has 0 heterocycles. The molecule has 0 spiro atoms. The lowest BCUT2D eigenvalue weighted by Crippen LogP contribution is -1.97. The van der Waals surface area contributed by atoms with Gasteiger partial charge in [0.2, 0.25) is 0 Å².